The van der Waals surface area contributed by atoms with E-state index in [-0.39, 0.29) is 18.0 Å². The third-order valence-corrected chi connectivity index (χ3v) is 3.36. The van der Waals surface area contributed by atoms with Crippen molar-refractivity contribution < 1.29 is 14.7 Å². The van der Waals surface area contributed by atoms with Crippen LogP contribution in [0.2, 0.25) is 0 Å². The van der Waals surface area contributed by atoms with E-state index in [0.29, 0.717) is 5.92 Å². The van der Waals surface area contributed by atoms with Crippen LogP contribution in [0.4, 0.5) is 0 Å². The van der Waals surface area contributed by atoms with Crippen LogP contribution in [-0.2, 0) is 9.59 Å². The number of aliphatic carboxylic acids is 1. The highest BCUT2D eigenvalue weighted by atomic mass is 16.4. The lowest BCUT2D eigenvalue weighted by Crippen LogP contribution is -2.38. The average Bonchev–Trinajstić information content (AvgIpc) is 2.50. The normalized spacial score (nSPS) is 33.3. The Morgan fingerprint density at radius 3 is 2.69 bits per heavy atom. The van der Waals surface area contributed by atoms with E-state index in [1.807, 2.05) is 0 Å². The number of nitrogens with two attached hydrogens (primary N) is 1. The van der Waals surface area contributed by atoms with Gasteiger partial charge in [-0.1, -0.05) is 0 Å². The minimum atomic E-state index is -1.09. The number of likely N-dealkylation sites (tertiary alicyclic amines) is 1. The molecule has 2 aliphatic rings. The lowest BCUT2D eigenvalue weighted by molar-refractivity contribution is -0.132. The van der Waals surface area contributed by atoms with Gasteiger partial charge in [-0.05, 0) is 25.2 Å². The molecule has 2 fully saturated rings. The fourth-order valence-corrected chi connectivity index (χ4v) is 2.79. The topological polar surface area (TPSA) is 83.6 Å². The summed E-state index contributed by atoms with van der Waals surface area (Å²) in [6.45, 7) is 0.723. The smallest absolute Gasteiger partial charge is 0.328 e. The van der Waals surface area contributed by atoms with Crippen molar-refractivity contribution in [2.45, 2.75) is 31.3 Å². The van der Waals surface area contributed by atoms with Crippen LogP contribution in [0.3, 0.4) is 0 Å². The van der Waals surface area contributed by atoms with Crippen molar-refractivity contribution >= 4 is 11.9 Å². The van der Waals surface area contributed by atoms with Gasteiger partial charge in [0, 0.05) is 30.8 Å². The van der Waals surface area contributed by atoms with Gasteiger partial charge in [0.15, 0.2) is 0 Å². The van der Waals surface area contributed by atoms with Crippen LogP contribution in [0, 0.1) is 5.92 Å². The Morgan fingerprint density at radius 1 is 1.25 bits per heavy atom. The monoisotopic (exact) mass is 224 g/mol. The molecule has 0 aromatic heterocycles. The summed E-state index contributed by atoms with van der Waals surface area (Å²) >= 11 is 0. The molecule has 16 heavy (non-hydrogen) atoms. The van der Waals surface area contributed by atoms with Gasteiger partial charge in [-0.3, -0.25) is 4.79 Å². The first-order chi connectivity index (χ1) is 7.56. The maximum Gasteiger partial charge on any atom is 0.328 e. The Morgan fingerprint density at radius 2 is 2.00 bits per heavy atom. The molecule has 1 aliphatic heterocycles. The maximum atomic E-state index is 11.7. The van der Waals surface area contributed by atoms with E-state index in [9.17, 15) is 9.59 Å². The van der Waals surface area contributed by atoms with Crippen LogP contribution in [0.5, 0.6) is 0 Å². The van der Waals surface area contributed by atoms with Crippen LogP contribution >= 0.6 is 0 Å². The summed E-state index contributed by atoms with van der Waals surface area (Å²) < 4.78 is 0. The Labute approximate surface area is 93.9 Å². The summed E-state index contributed by atoms with van der Waals surface area (Å²) in [6, 6.07) is 0.393. The number of hydrogen-bond acceptors (Lipinski definition) is 3. The lowest BCUT2D eigenvalue weighted by Gasteiger charge is -2.26. The highest BCUT2D eigenvalue weighted by Crippen LogP contribution is 2.34. The number of fused-ring (bicyclic) bond motifs is 2. The number of rotatable bonds is 2. The van der Waals surface area contributed by atoms with Gasteiger partial charge in [0.2, 0.25) is 5.91 Å². The van der Waals surface area contributed by atoms with E-state index in [0.717, 1.165) is 38.0 Å². The number of carboxylic acids is 1. The Hall–Kier alpha value is -1.36. The number of carbonyl (C=O) groups is 2. The molecule has 1 amide bonds. The zero-order valence-corrected chi connectivity index (χ0v) is 9.00. The second kappa shape index (κ2) is 4.25. The van der Waals surface area contributed by atoms with Gasteiger partial charge < -0.3 is 15.7 Å². The third kappa shape index (κ3) is 2.24. The summed E-state index contributed by atoms with van der Waals surface area (Å²) in [5, 5.41) is 8.46. The van der Waals surface area contributed by atoms with Gasteiger partial charge in [0.1, 0.15) is 0 Å². The molecular weight excluding hydrogens is 208 g/mol. The number of hydrogen-bond donors (Lipinski definition) is 2. The summed E-state index contributed by atoms with van der Waals surface area (Å²) in [5.74, 6) is -0.799. The van der Waals surface area contributed by atoms with Gasteiger partial charge in [0.25, 0.3) is 0 Å². The maximum absolute atomic E-state index is 11.7. The molecule has 0 spiro atoms. The number of carboxylic acid groups (broad SMARTS) is 1. The van der Waals surface area contributed by atoms with E-state index in [4.69, 9.17) is 10.8 Å². The van der Waals surface area contributed by atoms with Crippen molar-refractivity contribution in [1.82, 2.24) is 4.90 Å². The van der Waals surface area contributed by atoms with E-state index in [1.165, 1.54) is 0 Å². The molecule has 0 radical (unpaired) electrons. The fourth-order valence-electron chi connectivity index (χ4n) is 2.79. The molecule has 2 rings (SSSR count). The summed E-state index contributed by atoms with van der Waals surface area (Å²) in [5.41, 5.74) is 5.89. The Bertz CT molecular complexity index is 340. The molecule has 1 heterocycles. The molecule has 0 aromatic rings. The molecule has 1 saturated heterocycles. The summed E-state index contributed by atoms with van der Waals surface area (Å²) in [7, 11) is 0. The predicted octanol–water partition coefficient (Wildman–Crippen LogP) is -0.0346. The van der Waals surface area contributed by atoms with Crippen molar-refractivity contribution in [2.75, 3.05) is 6.54 Å². The minimum absolute atomic E-state index is 0.185. The van der Waals surface area contributed by atoms with Crippen LogP contribution in [0.15, 0.2) is 12.2 Å². The molecule has 5 heteroatoms. The zero-order valence-electron chi connectivity index (χ0n) is 9.00. The number of nitrogens with zero attached hydrogens (tertiary/aromatic N) is 1. The van der Waals surface area contributed by atoms with E-state index < -0.39 is 5.97 Å². The highest BCUT2D eigenvalue weighted by Gasteiger charge is 2.39. The fraction of sp³-hybridized carbons (Fsp3) is 0.636. The summed E-state index contributed by atoms with van der Waals surface area (Å²) in [6.07, 6.45) is 4.85. The van der Waals surface area contributed by atoms with E-state index >= 15 is 0 Å². The molecule has 3 atom stereocenters. The number of amides is 1. The molecule has 3 N–H and O–H groups in total. The third-order valence-electron chi connectivity index (χ3n) is 3.36. The van der Waals surface area contributed by atoms with E-state index in [1.54, 1.807) is 4.90 Å². The summed E-state index contributed by atoms with van der Waals surface area (Å²) in [4.78, 5) is 23.8. The van der Waals surface area contributed by atoms with Crippen LogP contribution < -0.4 is 5.73 Å². The first-order valence-corrected chi connectivity index (χ1v) is 5.53. The molecule has 5 nitrogen and oxygen atoms in total. The first-order valence-electron chi connectivity index (χ1n) is 5.53. The van der Waals surface area contributed by atoms with Crippen molar-refractivity contribution in [1.29, 1.82) is 0 Å². The Kier molecular flexibility index (Phi) is 2.96. The van der Waals surface area contributed by atoms with Gasteiger partial charge in [-0.25, -0.2) is 4.79 Å². The van der Waals surface area contributed by atoms with Gasteiger partial charge in [-0.15, -0.1) is 0 Å². The van der Waals surface area contributed by atoms with Crippen molar-refractivity contribution in [3.8, 4) is 0 Å². The largest absolute Gasteiger partial charge is 0.478 e. The van der Waals surface area contributed by atoms with Crippen LogP contribution in [0.25, 0.3) is 0 Å². The molecule has 1 saturated carbocycles. The first kappa shape index (κ1) is 11.1. The molecular formula is C11H16N2O3. The molecule has 3 unspecified atom stereocenters. The zero-order chi connectivity index (χ0) is 11.7. The van der Waals surface area contributed by atoms with Crippen molar-refractivity contribution in [3.05, 3.63) is 12.2 Å². The molecule has 2 bridgehead atoms. The average molecular weight is 224 g/mol. The standard InChI is InChI=1S/C11H16N2O3/c12-8-3-7-4-9(5-8)13(6-7)10(14)1-2-11(15)16/h1-2,7-9H,3-6,12H2,(H,15,16)/b2-1-. The quantitative estimate of drug-likeness (QED) is 0.645. The van der Waals surface area contributed by atoms with Crippen LogP contribution in [-0.4, -0.2) is 40.5 Å². The van der Waals surface area contributed by atoms with Gasteiger partial charge in [-0.2, -0.15) is 0 Å². The second-order valence-electron chi connectivity index (χ2n) is 4.65. The molecule has 1 aliphatic carbocycles. The van der Waals surface area contributed by atoms with Crippen molar-refractivity contribution in [2.24, 2.45) is 11.7 Å². The highest BCUT2D eigenvalue weighted by molar-refractivity contribution is 5.94. The van der Waals surface area contributed by atoms with Gasteiger partial charge >= 0.3 is 5.97 Å². The molecule has 0 aromatic carbocycles. The second-order valence-corrected chi connectivity index (χ2v) is 4.65. The minimum Gasteiger partial charge on any atom is -0.478 e. The SMILES string of the molecule is NC1CC2CC(C1)N(C(=O)/C=C\C(=O)O)C2. The Balaban J connectivity index is 2.01. The molecule has 88 valence electrons. The lowest BCUT2D eigenvalue weighted by atomic mass is 9.87. The van der Waals surface area contributed by atoms with Gasteiger partial charge in [0.05, 0.1) is 0 Å². The van der Waals surface area contributed by atoms with Crippen LogP contribution in [0.1, 0.15) is 19.3 Å². The van der Waals surface area contributed by atoms with E-state index in [2.05, 4.69) is 0 Å². The van der Waals surface area contributed by atoms with Crippen molar-refractivity contribution in [3.63, 3.8) is 0 Å². The predicted molar refractivity (Wildman–Crippen MR) is 57.6 cm³/mol. The number of carbonyl (C=O) groups excluding carboxylic acids is 1.